The average Bonchev–Trinajstić information content (AvgIpc) is 3.42. The standard InChI is InChI=1S/C18H17F4N3O2/c19-13-5-1-11(2-6-13)7-8-23-16(26)10-25-17(27)14(18(20,21)22)9-15(24-25)12-3-4-12/h1-2,5-6,9,12H,3-4,7-8,10H2,(H,23,26). The maximum atomic E-state index is 13.1. The number of hydrogen-bond acceptors (Lipinski definition) is 3. The third-order valence-electron chi connectivity index (χ3n) is 4.24. The van der Waals surface area contributed by atoms with E-state index in [0.29, 0.717) is 23.9 Å². The number of halogens is 4. The van der Waals surface area contributed by atoms with Crippen LogP contribution in [0.4, 0.5) is 17.6 Å². The van der Waals surface area contributed by atoms with E-state index in [4.69, 9.17) is 0 Å². The zero-order chi connectivity index (χ0) is 19.6. The van der Waals surface area contributed by atoms with Crippen molar-refractivity contribution in [1.29, 1.82) is 0 Å². The van der Waals surface area contributed by atoms with Gasteiger partial charge in [-0.25, -0.2) is 9.07 Å². The fourth-order valence-electron chi connectivity index (χ4n) is 2.64. The van der Waals surface area contributed by atoms with Crippen molar-refractivity contribution in [3.8, 4) is 0 Å². The minimum atomic E-state index is -4.80. The summed E-state index contributed by atoms with van der Waals surface area (Å²) in [6.07, 6.45) is -2.95. The minimum Gasteiger partial charge on any atom is -0.354 e. The van der Waals surface area contributed by atoms with Gasteiger partial charge < -0.3 is 5.32 Å². The summed E-state index contributed by atoms with van der Waals surface area (Å²) >= 11 is 0. The van der Waals surface area contributed by atoms with E-state index in [1.54, 1.807) is 12.1 Å². The molecular weight excluding hydrogens is 366 g/mol. The van der Waals surface area contributed by atoms with Gasteiger partial charge in [-0.3, -0.25) is 9.59 Å². The maximum Gasteiger partial charge on any atom is 0.421 e. The first-order valence-corrected chi connectivity index (χ1v) is 8.44. The molecule has 0 spiro atoms. The normalized spacial score (nSPS) is 14.2. The highest BCUT2D eigenvalue weighted by molar-refractivity contribution is 5.75. The summed E-state index contributed by atoms with van der Waals surface area (Å²) in [5, 5.41) is 6.46. The largest absolute Gasteiger partial charge is 0.421 e. The third-order valence-corrected chi connectivity index (χ3v) is 4.24. The molecule has 2 aromatic rings. The lowest BCUT2D eigenvalue weighted by Crippen LogP contribution is -2.37. The molecule has 9 heteroatoms. The molecule has 1 aliphatic rings. The number of amides is 1. The number of hydrogen-bond donors (Lipinski definition) is 1. The molecule has 144 valence electrons. The SMILES string of the molecule is O=C(Cn1nc(C2CC2)cc(C(F)(F)F)c1=O)NCCc1ccc(F)cc1. The number of benzene rings is 1. The van der Waals surface area contributed by atoms with Crippen LogP contribution in [0.15, 0.2) is 35.1 Å². The number of rotatable bonds is 6. The second-order valence-corrected chi connectivity index (χ2v) is 6.44. The van der Waals surface area contributed by atoms with E-state index in [1.807, 2.05) is 0 Å². The van der Waals surface area contributed by atoms with Crippen molar-refractivity contribution < 1.29 is 22.4 Å². The molecule has 0 atom stereocenters. The fraction of sp³-hybridized carbons (Fsp3) is 0.389. The lowest BCUT2D eigenvalue weighted by atomic mass is 10.1. The summed E-state index contributed by atoms with van der Waals surface area (Å²) in [5.41, 5.74) is -1.66. The van der Waals surface area contributed by atoms with Crippen molar-refractivity contribution in [3.05, 3.63) is 63.3 Å². The molecule has 1 heterocycles. The molecule has 1 amide bonds. The molecule has 1 aromatic carbocycles. The van der Waals surface area contributed by atoms with Gasteiger partial charge in [-0.1, -0.05) is 12.1 Å². The Hall–Kier alpha value is -2.71. The minimum absolute atomic E-state index is 0.0977. The van der Waals surface area contributed by atoms with Crippen LogP contribution in [-0.4, -0.2) is 22.2 Å². The van der Waals surface area contributed by atoms with Crippen LogP contribution < -0.4 is 10.9 Å². The number of aromatic nitrogens is 2. The Bertz CT molecular complexity index is 887. The molecular formula is C18H17F4N3O2. The van der Waals surface area contributed by atoms with Crippen LogP contribution in [0.25, 0.3) is 0 Å². The number of carbonyl (C=O) groups excluding carboxylic acids is 1. The second-order valence-electron chi connectivity index (χ2n) is 6.44. The van der Waals surface area contributed by atoms with Gasteiger partial charge in [0.25, 0.3) is 5.56 Å². The Balaban J connectivity index is 1.67. The first kappa shape index (κ1) is 19.1. The topological polar surface area (TPSA) is 64.0 Å². The van der Waals surface area contributed by atoms with Crippen molar-refractivity contribution in [1.82, 2.24) is 15.1 Å². The number of nitrogens with zero attached hydrogens (tertiary/aromatic N) is 2. The van der Waals surface area contributed by atoms with E-state index >= 15 is 0 Å². The molecule has 0 unspecified atom stereocenters. The van der Waals surface area contributed by atoms with Crippen LogP contribution in [0, 0.1) is 5.82 Å². The van der Waals surface area contributed by atoms with Crippen molar-refractivity contribution in [3.63, 3.8) is 0 Å². The highest BCUT2D eigenvalue weighted by atomic mass is 19.4. The smallest absolute Gasteiger partial charge is 0.354 e. The number of carbonyl (C=O) groups is 1. The molecule has 0 aliphatic heterocycles. The first-order valence-electron chi connectivity index (χ1n) is 8.44. The van der Waals surface area contributed by atoms with Crippen molar-refractivity contribution in [2.45, 2.75) is 37.9 Å². The lowest BCUT2D eigenvalue weighted by molar-refractivity contribution is -0.139. The molecule has 3 rings (SSSR count). The van der Waals surface area contributed by atoms with E-state index < -0.39 is 29.8 Å². The van der Waals surface area contributed by atoms with Gasteiger partial charge in [-0.05, 0) is 43.0 Å². The predicted molar refractivity (Wildman–Crippen MR) is 88.6 cm³/mol. The van der Waals surface area contributed by atoms with Gasteiger partial charge in [-0.2, -0.15) is 18.3 Å². The monoisotopic (exact) mass is 383 g/mol. The summed E-state index contributed by atoms with van der Waals surface area (Å²) in [6, 6.07) is 6.51. The van der Waals surface area contributed by atoms with E-state index in [9.17, 15) is 27.2 Å². The Morgan fingerprint density at radius 1 is 1.22 bits per heavy atom. The molecule has 27 heavy (non-hydrogen) atoms. The predicted octanol–water partition coefficient (Wildman–Crippen LogP) is 2.64. The Morgan fingerprint density at radius 2 is 1.89 bits per heavy atom. The van der Waals surface area contributed by atoms with Gasteiger partial charge in [-0.15, -0.1) is 0 Å². The zero-order valence-electron chi connectivity index (χ0n) is 14.2. The molecule has 0 radical (unpaired) electrons. The highest BCUT2D eigenvalue weighted by Crippen LogP contribution is 2.40. The van der Waals surface area contributed by atoms with Crippen LogP contribution in [0.5, 0.6) is 0 Å². The van der Waals surface area contributed by atoms with Crippen molar-refractivity contribution >= 4 is 5.91 Å². The molecule has 1 fully saturated rings. The zero-order valence-corrected chi connectivity index (χ0v) is 14.2. The van der Waals surface area contributed by atoms with Gasteiger partial charge in [0.05, 0.1) is 5.69 Å². The van der Waals surface area contributed by atoms with Crippen LogP contribution in [0.2, 0.25) is 0 Å². The summed E-state index contributed by atoms with van der Waals surface area (Å²) in [7, 11) is 0. The van der Waals surface area contributed by atoms with Crippen LogP contribution in [-0.2, 0) is 23.9 Å². The van der Waals surface area contributed by atoms with Crippen molar-refractivity contribution in [2.24, 2.45) is 0 Å². The summed E-state index contributed by atoms with van der Waals surface area (Å²) < 4.78 is 52.7. The van der Waals surface area contributed by atoms with Crippen LogP contribution >= 0.6 is 0 Å². The fourth-order valence-corrected chi connectivity index (χ4v) is 2.64. The summed E-state index contributed by atoms with van der Waals surface area (Å²) in [4.78, 5) is 24.1. The molecule has 5 nitrogen and oxygen atoms in total. The summed E-state index contributed by atoms with van der Waals surface area (Å²) in [6.45, 7) is -0.389. The van der Waals surface area contributed by atoms with Gasteiger partial charge in [0.1, 0.15) is 17.9 Å². The van der Waals surface area contributed by atoms with Crippen LogP contribution in [0.1, 0.15) is 35.6 Å². The number of alkyl halides is 3. The Labute approximate surface area is 152 Å². The Kier molecular flexibility index (Phi) is 5.29. The molecule has 1 aromatic heterocycles. The first-order chi connectivity index (χ1) is 12.7. The molecule has 1 aliphatic carbocycles. The van der Waals surface area contributed by atoms with Gasteiger partial charge in [0.2, 0.25) is 5.91 Å². The summed E-state index contributed by atoms with van der Waals surface area (Å²) in [5.74, 6) is -1.09. The third kappa shape index (κ3) is 4.93. The molecule has 1 saturated carbocycles. The van der Waals surface area contributed by atoms with Crippen molar-refractivity contribution in [2.75, 3.05) is 6.54 Å². The van der Waals surface area contributed by atoms with E-state index in [1.165, 1.54) is 12.1 Å². The van der Waals surface area contributed by atoms with Gasteiger partial charge in [0.15, 0.2) is 0 Å². The lowest BCUT2D eigenvalue weighted by Gasteiger charge is -2.12. The van der Waals surface area contributed by atoms with E-state index in [0.717, 1.165) is 11.6 Å². The van der Waals surface area contributed by atoms with Gasteiger partial charge in [0, 0.05) is 12.5 Å². The maximum absolute atomic E-state index is 13.1. The quantitative estimate of drug-likeness (QED) is 0.780. The second kappa shape index (κ2) is 7.50. The molecule has 0 bridgehead atoms. The Morgan fingerprint density at radius 3 is 2.48 bits per heavy atom. The van der Waals surface area contributed by atoms with E-state index in [-0.39, 0.29) is 24.0 Å². The molecule has 1 N–H and O–H groups in total. The highest BCUT2D eigenvalue weighted by Gasteiger charge is 2.37. The number of nitrogens with one attached hydrogen (secondary N) is 1. The average molecular weight is 383 g/mol. The van der Waals surface area contributed by atoms with Crippen LogP contribution in [0.3, 0.4) is 0 Å². The van der Waals surface area contributed by atoms with E-state index in [2.05, 4.69) is 10.4 Å². The van der Waals surface area contributed by atoms with Gasteiger partial charge >= 0.3 is 6.18 Å². The molecule has 0 saturated heterocycles.